The summed E-state index contributed by atoms with van der Waals surface area (Å²) >= 11 is 0. The molecule has 0 radical (unpaired) electrons. The average Bonchev–Trinajstić information content (AvgIpc) is 2.84. The number of amides is 1. The van der Waals surface area contributed by atoms with Gasteiger partial charge in [-0.3, -0.25) is 19.3 Å². The summed E-state index contributed by atoms with van der Waals surface area (Å²) in [6, 6.07) is 5.25. The van der Waals surface area contributed by atoms with Crippen LogP contribution in [0.2, 0.25) is 0 Å². The van der Waals surface area contributed by atoms with Crippen molar-refractivity contribution >= 4 is 34.2 Å². The van der Waals surface area contributed by atoms with Crippen molar-refractivity contribution in [2.45, 2.75) is 46.5 Å². The Labute approximate surface area is 212 Å². The van der Waals surface area contributed by atoms with Gasteiger partial charge in [0.2, 0.25) is 5.91 Å². The van der Waals surface area contributed by atoms with Crippen LogP contribution in [0.5, 0.6) is 0 Å². The summed E-state index contributed by atoms with van der Waals surface area (Å²) in [5.74, 6) is -4.31. The van der Waals surface area contributed by atoms with Crippen LogP contribution in [0.4, 0.5) is 24.5 Å². The standard InChI is InChI=1S/C27H29F3N2O5/c1-4-6-7-8-11-31-26-19(29)13-20(30)27-25(26)22(34)14-23(37-27)17-9-10-21(18(28)12-17)32(16(3)33)15-24(35)36-5-2/h9-10,12-14,31H,4-8,11,15H2,1-3H3. The van der Waals surface area contributed by atoms with Gasteiger partial charge in [-0.05, 0) is 31.5 Å². The van der Waals surface area contributed by atoms with Gasteiger partial charge in [0.25, 0.3) is 0 Å². The highest BCUT2D eigenvalue weighted by Crippen LogP contribution is 2.32. The van der Waals surface area contributed by atoms with E-state index < -0.39 is 46.9 Å². The van der Waals surface area contributed by atoms with Gasteiger partial charge >= 0.3 is 5.97 Å². The van der Waals surface area contributed by atoms with Crippen LogP contribution in [0, 0.1) is 17.5 Å². The van der Waals surface area contributed by atoms with Crippen molar-refractivity contribution in [1.82, 2.24) is 0 Å². The monoisotopic (exact) mass is 518 g/mol. The highest BCUT2D eigenvalue weighted by molar-refractivity contribution is 5.96. The summed E-state index contributed by atoms with van der Waals surface area (Å²) in [6.07, 6.45) is 3.71. The number of fused-ring (bicyclic) bond motifs is 1. The maximum atomic E-state index is 15.0. The zero-order valence-corrected chi connectivity index (χ0v) is 21.0. The predicted octanol–water partition coefficient (Wildman–Crippen LogP) is 5.79. The molecule has 0 saturated carbocycles. The second-order valence-corrected chi connectivity index (χ2v) is 8.46. The molecule has 2 aromatic carbocycles. The number of nitrogens with zero attached hydrogens (tertiary/aromatic N) is 1. The van der Waals surface area contributed by atoms with E-state index in [2.05, 4.69) is 12.2 Å². The molecular formula is C27H29F3N2O5. The molecule has 10 heteroatoms. The molecule has 0 aliphatic carbocycles. The number of benzene rings is 2. The third-order valence-corrected chi connectivity index (χ3v) is 5.73. The van der Waals surface area contributed by atoms with Gasteiger partial charge < -0.3 is 14.5 Å². The van der Waals surface area contributed by atoms with E-state index in [0.29, 0.717) is 12.6 Å². The van der Waals surface area contributed by atoms with Crippen molar-refractivity contribution in [3.8, 4) is 11.3 Å². The number of halogens is 3. The Kier molecular flexibility index (Phi) is 9.32. The van der Waals surface area contributed by atoms with Crippen LogP contribution in [0.15, 0.2) is 39.5 Å². The SMILES string of the molecule is CCCCCCNc1c(F)cc(F)c2oc(-c3ccc(N(CC(=O)OCC)C(C)=O)c(F)c3)cc(=O)c12. The summed E-state index contributed by atoms with van der Waals surface area (Å²) in [5, 5.41) is 2.60. The number of rotatable bonds is 11. The maximum Gasteiger partial charge on any atom is 0.326 e. The van der Waals surface area contributed by atoms with Crippen molar-refractivity contribution in [1.29, 1.82) is 0 Å². The fourth-order valence-electron chi connectivity index (χ4n) is 3.93. The van der Waals surface area contributed by atoms with Gasteiger partial charge in [0.15, 0.2) is 16.8 Å². The number of ether oxygens (including phenoxy) is 1. The molecule has 1 N–H and O–H groups in total. The van der Waals surface area contributed by atoms with Gasteiger partial charge in [0, 0.05) is 31.2 Å². The first-order valence-corrected chi connectivity index (χ1v) is 12.1. The molecule has 7 nitrogen and oxygen atoms in total. The number of esters is 1. The van der Waals surface area contributed by atoms with E-state index in [4.69, 9.17) is 9.15 Å². The van der Waals surface area contributed by atoms with E-state index in [9.17, 15) is 23.2 Å². The number of nitrogens with one attached hydrogen (secondary N) is 1. The van der Waals surface area contributed by atoms with E-state index in [1.807, 2.05) is 0 Å². The summed E-state index contributed by atoms with van der Waals surface area (Å²) in [7, 11) is 0. The molecule has 3 rings (SSSR count). The molecule has 37 heavy (non-hydrogen) atoms. The highest BCUT2D eigenvalue weighted by Gasteiger charge is 2.22. The van der Waals surface area contributed by atoms with E-state index in [1.165, 1.54) is 19.1 Å². The quantitative estimate of drug-likeness (QED) is 0.256. The predicted molar refractivity (Wildman–Crippen MR) is 135 cm³/mol. The molecule has 3 aromatic rings. The van der Waals surface area contributed by atoms with Crippen LogP contribution in [0.3, 0.4) is 0 Å². The van der Waals surface area contributed by atoms with Crippen LogP contribution in [0.1, 0.15) is 46.5 Å². The lowest BCUT2D eigenvalue weighted by Crippen LogP contribution is -2.35. The molecule has 1 amide bonds. The first kappa shape index (κ1) is 27.8. The summed E-state index contributed by atoms with van der Waals surface area (Å²) in [5.41, 5.74) is -1.42. The lowest BCUT2D eigenvalue weighted by molar-refractivity contribution is -0.142. The molecule has 1 heterocycles. The number of anilines is 2. The van der Waals surface area contributed by atoms with Crippen LogP contribution in [-0.4, -0.2) is 31.6 Å². The van der Waals surface area contributed by atoms with Gasteiger partial charge in [-0.15, -0.1) is 0 Å². The van der Waals surface area contributed by atoms with Crippen molar-refractivity contribution in [2.24, 2.45) is 0 Å². The summed E-state index contributed by atoms with van der Waals surface area (Å²) < 4.78 is 54.6. The van der Waals surface area contributed by atoms with Crippen LogP contribution >= 0.6 is 0 Å². The minimum atomic E-state index is -1.07. The normalized spacial score (nSPS) is 11.0. The lowest BCUT2D eigenvalue weighted by atomic mass is 10.1. The van der Waals surface area contributed by atoms with E-state index >= 15 is 4.39 Å². The first-order valence-electron chi connectivity index (χ1n) is 12.1. The largest absolute Gasteiger partial charge is 0.465 e. The fraction of sp³-hybridized carbons (Fsp3) is 0.370. The molecular weight excluding hydrogens is 489 g/mol. The van der Waals surface area contributed by atoms with E-state index in [-0.39, 0.29) is 34.7 Å². The van der Waals surface area contributed by atoms with Crippen molar-refractivity contribution in [2.75, 3.05) is 29.9 Å². The van der Waals surface area contributed by atoms with Gasteiger partial charge in [-0.2, -0.15) is 0 Å². The molecule has 0 aliphatic rings. The lowest BCUT2D eigenvalue weighted by Gasteiger charge is -2.21. The molecule has 0 spiro atoms. The molecule has 1 aromatic heterocycles. The van der Waals surface area contributed by atoms with Crippen molar-refractivity contribution < 1.29 is 31.9 Å². The Balaban J connectivity index is 1.98. The van der Waals surface area contributed by atoms with Crippen LogP contribution in [0.25, 0.3) is 22.3 Å². The Hall–Kier alpha value is -3.82. The minimum Gasteiger partial charge on any atom is -0.465 e. The van der Waals surface area contributed by atoms with Crippen molar-refractivity contribution in [3.63, 3.8) is 0 Å². The fourth-order valence-corrected chi connectivity index (χ4v) is 3.93. The molecule has 0 saturated heterocycles. The first-order chi connectivity index (χ1) is 17.7. The molecule has 0 bridgehead atoms. The third kappa shape index (κ3) is 6.49. The zero-order valence-electron chi connectivity index (χ0n) is 21.0. The van der Waals surface area contributed by atoms with Crippen molar-refractivity contribution in [3.05, 3.63) is 58.0 Å². The number of hydrogen-bond donors (Lipinski definition) is 1. The maximum absolute atomic E-state index is 15.0. The van der Waals surface area contributed by atoms with E-state index in [1.54, 1.807) is 6.92 Å². The number of carbonyl (C=O) groups is 2. The number of unbranched alkanes of at least 4 members (excludes halogenated alkanes) is 3. The Morgan fingerprint density at radius 2 is 1.76 bits per heavy atom. The Morgan fingerprint density at radius 1 is 1.00 bits per heavy atom. The minimum absolute atomic E-state index is 0.0812. The van der Waals surface area contributed by atoms with Gasteiger partial charge in [0.1, 0.15) is 23.9 Å². The van der Waals surface area contributed by atoms with Crippen LogP contribution < -0.4 is 15.6 Å². The van der Waals surface area contributed by atoms with E-state index in [0.717, 1.165) is 42.7 Å². The molecule has 0 atom stereocenters. The summed E-state index contributed by atoms with van der Waals surface area (Å²) in [4.78, 5) is 37.7. The highest BCUT2D eigenvalue weighted by atomic mass is 19.1. The number of hydrogen-bond acceptors (Lipinski definition) is 6. The topological polar surface area (TPSA) is 88.8 Å². The summed E-state index contributed by atoms with van der Waals surface area (Å²) in [6.45, 7) is 4.84. The van der Waals surface area contributed by atoms with Gasteiger partial charge in [-0.25, -0.2) is 13.2 Å². The Morgan fingerprint density at radius 3 is 2.41 bits per heavy atom. The average molecular weight is 519 g/mol. The molecule has 0 fully saturated rings. The van der Waals surface area contributed by atoms with Gasteiger partial charge in [-0.1, -0.05) is 26.2 Å². The second-order valence-electron chi connectivity index (χ2n) is 8.46. The van der Waals surface area contributed by atoms with Crippen LogP contribution in [-0.2, 0) is 14.3 Å². The molecule has 198 valence electrons. The molecule has 0 unspecified atom stereocenters. The smallest absolute Gasteiger partial charge is 0.326 e. The van der Waals surface area contributed by atoms with Gasteiger partial charge in [0.05, 0.1) is 23.4 Å². The second kappa shape index (κ2) is 12.4. The Bertz CT molecular complexity index is 1360. The molecule has 0 aliphatic heterocycles. The number of carbonyl (C=O) groups excluding carboxylic acids is 2. The zero-order chi connectivity index (χ0) is 27.1. The third-order valence-electron chi connectivity index (χ3n) is 5.73.